The Morgan fingerprint density at radius 3 is 2.48 bits per heavy atom. The molecule has 9 rings (SSSR count). The summed E-state index contributed by atoms with van der Waals surface area (Å²) < 4.78 is 79.5. The van der Waals surface area contributed by atoms with E-state index in [0.717, 1.165) is 51.0 Å². The molecule has 3 aromatic heterocycles. The summed E-state index contributed by atoms with van der Waals surface area (Å²) in [6.45, 7) is 8.95. The minimum absolute atomic E-state index is 0.0409. The lowest BCUT2D eigenvalue weighted by molar-refractivity contribution is -0.143. The van der Waals surface area contributed by atoms with E-state index in [1.807, 2.05) is 0 Å². The monoisotopic (exact) mass is 942 g/mol. The van der Waals surface area contributed by atoms with Crippen LogP contribution in [0, 0.1) is 16.2 Å². The molecule has 0 radical (unpaired) electrons. The molecule has 14 nitrogen and oxygen atoms in total. The number of hydrogen-bond donors (Lipinski definition) is 4. The number of anilines is 2. The number of aromatic amines is 1. The van der Waals surface area contributed by atoms with Gasteiger partial charge in [0.15, 0.2) is 17.2 Å². The van der Waals surface area contributed by atoms with Crippen LogP contribution >= 0.6 is 0 Å². The third-order valence-electron chi connectivity index (χ3n) is 14.7. The molecule has 2 aromatic carbocycles. The highest BCUT2D eigenvalue weighted by Crippen LogP contribution is 2.54. The molecule has 5 heterocycles. The van der Waals surface area contributed by atoms with Crippen LogP contribution < -0.4 is 19.7 Å². The van der Waals surface area contributed by atoms with Crippen LogP contribution in [0.15, 0.2) is 83.1 Å². The third-order valence-corrected chi connectivity index (χ3v) is 16.0. The highest BCUT2D eigenvalue weighted by Gasteiger charge is 2.50. The zero-order valence-corrected chi connectivity index (χ0v) is 38.7. The number of aliphatic hydroxyl groups is 1. The maximum Gasteiger partial charge on any atom is 0.434 e. The number of piperidine rings is 1. The number of likely N-dealkylation sites (tertiary alicyclic amines) is 1. The number of benzene rings is 2. The molecule has 4 N–H and O–H groups in total. The van der Waals surface area contributed by atoms with E-state index in [2.05, 4.69) is 73.4 Å². The van der Waals surface area contributed by atoms with Gasteiger partial charge in [-0.1, -0.05) is 38.1 Å². The summed E-state index contributed by atoms with van der Waals surface area (Å²) in [6, 6.07) is 18.5. The van der Waals surface area contributed by atoms with Crippen LogP contribution in [-0.4, -0.2) is 77.1 Å². The Kier molecular flexibility index (Phi) is 12.6. The number of halogens is 3. The Labute approximate surface area is 388 Å². The van der Waals surface area contributed by atoms with Crippen molar-refractivity contribution in [3.05, 3.63) is 100 Å². The molecule has 1 amide bonds. The Hall–Kier alpha value is -5.59. The normalized spacial score (nSPS) is 22.5. The molecule has 2 saturated carbocycles. The number of sulfonamides is 1. The number of alkyl halides is 3. The molecule has 356 valence electrons. The zero-order valence-electron chi connectivity index (χ0n) is 37.9. The Bertz CT molecular complexity index is 2750. The molecule has 1 spiro atoms. The maximum absolute atomic E-state index is 14.6. The lowest BCUT2D eigenvalue weighted by atomic mass is 9.59. The van der Waals surface area contributed by atoms with Crippen molar-refractivity contribution in [1.82, 2.24) is 24.6 Å². The fourth-order valence-corrected chi connectivity index (χ4v) is 12.0. The zero-order chi connectivity index (χ0) is 47.3. The largest absolute Gasteiger partial charge is 0.455 e. The number of carbonyl (C=O) groups is 1. The number of amides is 1. The number of aromatic nitrogens is 3. The standard InChI is InChI=1S/C49H57F3N8O6S/c1-30(2)36-7-4-5-8-37(36)40-9-6-20-60(40)34-26-48(27-34)17-21-59(22-18-48)33-10-11-38(41(24-33)66-35-23-32-14-19-53-44(32)55-29-35)46(61)58-67(64,65)42-25-39(57-63)45(56-43(42)49(50,51)52)54-28-31-12-15-47(3,62)16-13-31/h4-5,7-8,10-11,14,19,23-25,29-31,34,40,62H,6,9,12-13,15-18,20-22,26-28H2,1-3H3,(H,53,55)(H,54,56)(H,58,61)/t31?,40-,47?/m0/s1. The fourth-order valence-electron chi connectivity index (χ4n) is 10.9. The molecule has 1 atom stereocenters. The van der Waals surface area contributed by atoms with Crippen LogP contribution in [0.4, 0.5) is 30.4 Å². The van der Waals surface area contributed by atoms with E-state index in [0.29, 0.717) is 60.8 Å². The number of nitrogens with one attached hydrogen (secondary N) is 3. The maximum atomic E-state index is 14.6. The summed E-state index contributed by atoms with van der Waals surface area (Å²) in [5.41, 5.74) is 0.817. The van der Waals surface area contributed by atoms with Crippen molar-refractivity contribution < 1.29 is 36.2 Å². The molecule has 4 aliphatic rings. The van der Waals surface area contributed by atoms with Gasteiger partial charge in [-0.3, -0.25) is 9.69 Å². The molecular formula is C49H57F3N8O6S. The Morgan fingerprint density at radius 1 is 1.01 bits per heavy atom. The van der Waals surface area contributed by atoms with E-state index >= 15 is 0 Å². The van der Waals surface area contributed by atoms with Gasteiger partial charge in [0, 0.05) is 55.1 Å². The first-order chi connectivity index (χ1) is 31.9. The van der Waals surface area contributed by atoms with Crippen molar-refractivity contribution in [1.29, 1.82) is 0 Å². The molecular weight excluding hydrogens is 886 g/mol. The van der Waals surface area contributed by atoms with Crippen molar-refractivity contribution in [3.63, 3.8) is 0 Å². The molecule has 5 aromatic rings. The number of pyridine rings is 2. The number of ether oxygens (including phenoxy) is 1. The second kappa shape index (κ2) is 18.1. The van der Waals surface area contributed by atoms with Crippen molar-refractivity contribution in [2.75, 3.05) is 36.4 Å². The number of hydrogen-bond acceptors (Lipinski definition) is 12. The van der Waals surface area contributed by atoms with Gasteiger partial charge in [0.2, 0.25) is 0 Å². The highest BCUT2D eigenvalue weighted by atomic mass is 32.2. The summed E-state index contributed by atoms with van der Waals surface area (Å²) in [4.78, 5) is 40.4. The van der Waals surface area contributed by atoms with Crippen LogP contribution in [0.2, 0.25) is 0 Å². The number of fused-ring (bicyclic) bond motifs is 1. The number of carbonyl (C=O) groups excluding carboxylic acids is 1. The van der Waals surface area contributed by atoms with Gasteiger partial charge in [0.05, 0.1) is 17.4 Å². The first kappa shape index (κ1) is 46.5. The lowest BCUT2D eigenvalue weighted by Gasteiger charge is -2.56. The summed E-state index contributed by atoms with van der Waals surface area (Å²) in [5, 5.41) is 16.5. The predicted octanol–water partition coefficient (Wildman–Crippen LogP) is 10.3. The summed E-state index contributed by atoms with van der Waals surface area (Å²) in [7, 11) is -5.33. The van der Waals surface area contributed by atoms with Crippen molar-refractivity contribution in [2.24, 2.45) is 16.5 Å². The number of nitrogens with zero attached hydrogens (tertiary/aromatic N) is 5. The first-order valence-corrected chi connectivity index (χ1v) is 24.7. The van der Waals surface area contributed by atoms with Gasteiger partial charge in [-0.05, 0) is 142 Å². The van der Waals surface area contributed by atoms with Gasteiger partial charge in [-0.2, -0.15) is 13.2 Å². The third kappa shape index (κ3) is 9.75. The molecule has 4 fully saturated rings. The van der Waals surface area contributed by atoms with Crippen molar-refractivity contribution in [2.45, 2.75) is 120 Å². The topological polar surface area (TPSA) is 182 Å². The minimum Gasteiger partial charge on any atom is -0.455 e. The molecule has 18 heteroatoms. The number of H-pyrrole nitrogens is 1. The SMILES string of the molecule is CC(C)c1ccccc1[C@@H]1CCCN1C1CC2(CCN(c3ccc(C(=O)NS(=O)(=O)c4cc(N=O)c(NCC5CCC(C)(O)CC5)nc4C(F)(F)F)c(Oc4cnc5[nH]ccc5c4)c3)CC2)C1. The number of nitroso groups, excluding NO2 is 1. The second-order valence-corrected chi connectivity index (χ2v) is 21.3. The van der Waals surface area contributed by atoms with Crippen LogP contribution in [0.1, 0.15) is 124 Å². The van der Waals surface area contributed by atoms with Crippen molar-refractivity contribution in [3.8, 4) is 11.5 Å². The minimum atomic E-state index is -5.33. The Balaban J connectivity index is 0.929. The first-order valence-electron chi connectivity index (χ1n) is 23.2. The molecule has 2 aliphatic heterocycles. The van der Waals surface area contributed by atoms with E-state index in [1.54, 1.807) is 42.1 Å². The van der Waals surface area contributed by atoms with E-state index in [-0.39, 0.29) is 34.9 Å². The fraction of sp³-hybridized carbons (Fsp3) is 0.490. The van der Waals surface area contributed by atoms with Crippen molar-refractivity contribution >= 4 is 44.2 Å². The van der Waals surface area contributed by atoms with Gasteiger partial charge in [0.25, 0.3) is 15.9 Å². The average molecular weight is 943 g/mol. The smallest absolute Gasteiger partial charge is 0.434 e. The second-order valence-electron chi connectivity index (χ2n) is 19.6. The molecule has 2 aliphatic carbocycles. The van der Waals surface area contributed by atoms with Crippen LogP contribution in [-0.2, 0) is 16.2 Å². The van der Waals surface area contributed by atoms with E-state index in [4.69, 9.17) is 4.74 Å². The lowest BCUT2D eigenvalue weighted by Crippen LogP contribution is -2.54. The summed E-state index contributed by atoms with van der Waals surface area (Å²) in [5.74, 6) is -1.20. The van der Waals surface area contributed by atoms with Gasteiger partial charge in [-0.25, -0.2) is 23.1 Å². The van der Waals surface area contributed by atoms with Crippen LogP contribution in [0.25, 0.3) is 11.0 Å². The van der Waals surface area contributed by atoms with Gasteiger partial charge in [0.1, 0.15) is 22.0 Å². The van der Waals surface area contributed by atoms with Gasteiger partial charge < -0.3 is 25.0 Å². The summed E-state index contributed by atoms with van der Waals surface area (Å²) in [6.07, 6.45) is 6.54. The quantitative estimate of drug-likeness (QED) is 0.0825. The molecule has 0 bridgehead atoms. The van der Waals surface area contributed by atoms with E-state index < -0.39 is 49.8 Å². The van der Waals surface area contributed by atoms with Crippen LogP contribution in [0.5, 0.6) is 11.5 Å². The summed E-state index contributed by atoms with van der Waals surface area (Å²) >= 11 is 0. The van der Waals surface area contributed by atoms with Gasteiger partial charge in [-0.15, -0.1) is 4.91 Å². The highest BCUT2D eigenvalue weighted by molar-refractivity contribution is 7.90. The van der Waals surface area contributed by atoms with Gasteiger partial charge >= 0.3 is 6.18 Å². The Morgan fingerprint density at radius 2 is 1.76 bits per heavy atom. The van der Waals surface area contributed by atoms with E-state index in [1.165, 1.54) is 36.2 Å². The molecule has 0 unspecified atom stereocenters. The number of rotatable bonds is 13. The predicted molar refractivity (Wildman–Crippen MR) is 249 cm³/mol. The van der Waals surface area contributed by atoms with E-state index in [9.17, 15) is 36.4 Å². The van der Waals surface area contributed by atoms with Crippen LogP contribution in [0.3, 0.4) is 0 Å². The average Bonchev–Trinajstić information content (AvgIpc) is 3.97. The molecule has 67 heavy (non-hydrogen) atoms. The molecule has 2 saturated heterocycles.